The first kappa shape index (κ1) is 11.1. The third-order valence-corrected chi connectivity index (χ3v) is 1.24. The van der Waals surface area contributed by atoms with Crippen molar-refractivity contribution in [1.82, 2.24) is 0 Å². The number of hydrogen-bond acceptors (Lipinski definition) is 1. The van der Waals surface area contributed by atoms with Gasteiger partial charge in [-0.05, 0) is 24.3 Å². The Hall–Kier alpha value is -0.900. The molecule has 0 fully saturated rings. The summed E-state index contributed by atoms with van der Waals surface area (Å²) < 4.78 is 35.6. The summed E-state index contributed by atoms with van der Waals surface area (Å²) in [6, 6.07) is 4.36. The Balaban J connectivity index is 0.00000121. The maximum absolute atomic E-state index is 11.9. The Bertz CT molecular complexity index is 242. The molecule has 0 saturated heterocycles. The molecule has 0 bridgehead atoms. The maximum Gasteiger partial charge on any atom is 0.416 e. The topological polar surface area (TPSA) is 26.0 Å². The van der Waals surface area contributed by atoms with E-state index in [4.69, 9.17) is 5.73 Å². The number of anilines is 1. The van der Waals surface area contributed by atoms with Crippen LogP contribution in [0.5, 0.6) is 0 Å². The smallest absolute Gasteiger partial charge is 0.416 e. The molecular weight excluding hydrogens is 191 g/mol. The molecule has 2 N–H and O–H groups in total. The number of nitrogen functional groups attached to an aromatic ring is 1. The second-order valence-corrected chi connectivity index (χ2v) is 2.12. The molecule has 0 aromatic heterocycles. The molecule has 12 heavy (non-hydrogen) atoms. The molecule has 0 aliphatic heterocycles. The van der Waals surface area contributed by atoms with E-state index in [1.807, 2.05) is 0 Å². The third-order valence-electron chi connectivity index (χ3n) is 1.24. The van der Waals surface area contributed by atoms with Crippen molar-refractivity contribution in [2.75, 3.05) is 5.73 Å². The van der Waals surface area contributed by atoms with Crippen molar-refractivity contribution in [2.24, 2.45) is 0 Å². The fourth-order valence-corrected chi connectivity index (χ4v) is 0.672. The lowest BCUT2D eigenvalue weighted by molar-refractivity contribution is -0.137. The molecule has 0 unspecified atom stereocenters. The standard InChI is InChI=1S/C7H6F3N.ClH/c8-7(9,10)5-1-3-6(11)4-2-5;/h1-4H,11H2;1H/p-1. The van der Waals surface area contributed by atoms with Crippen molar-refractivity contribution >= 4 is 5.69 Å². The molecule has 0 heterocycles. The van der Waals surface area contributed by atoms with Crippen LogP contribution in [0, 0.1) is 0 Å². The van der Waals surface area contributed by atoms with Gasteiger partial charge in [-0.25, -0.2) is 0 Å². The normalized spacial score (nSPS) is 10.6. The van der Waals surface area contributed by atoms with E-state index < -0.39 is 11.7 Å². The van der Waals surface area contributed by atoms with E-state index >= 15 is 0 Å². The van der Waals surface area contributed by atoms with Crippen LogP contribution in [0.2, 0.25) is 0 Å². The largest absolute Gasteiger partial charge is 1.00 e. The lowest BCUT2D eigenvalue weighted by atomic mass is 10.2. The van der Waals surface area contributed by atoms with E-state index in [1.165, 1.54) is 12.1 Å². The van der Waals surface area contributed by atoms with Crippen LogP contribution in [0.15, 0.2) is 24.3 Å². The monoisotopic (exact) mass is 196 g/mol. The SMILES string of the molecule is Nc1ccc(C(F)(F)F)cc1.[Cl-]. The van der Waals surface area contributed by atoms with E-state index in [-0.39, 0.29) is 12.4 Å². The predicted molar refractivity (Wildman–Crippen MR) is 35.9 cm³/mol. The lowest BCUT2D eigenvalue weighted by Gasteiger charge is -2.05. The molecule has 0 radical (unpaired) electrons. The highest BCUT2D eigenvalue weighted by atomic mass is 35.5. The first-order chi connectivity index (χ1) is 5.00. The zero-order valence-electron chi connectivity index (χ0n) is 5.90. The summed E-state index contributed by atoms with van der Waals surface area (Å²) in [5.41, 5.74) is 4.86. The Morgan fingerprint density at radius 2 is 1.42 bits per heavy atom. The molecule has 0 aliphatic rings. The molecule has 0 amide bonds. The van der Waals surface area contributed by atoms with E-state index in [0.29, 0.717) is 5.69 Å². The summed E-state index contributed by atoms with van der Waals surface area (Å²) in [6.07, 6.45) is -4.27. The van der Waals surface area contributed by atoms with Crippen LogP contribution in [0.25, 0.3) is 0 Å². The number of benzene rings is 1. The summed E-state index contributed by atoms with van der Waals surface area (Å²) >= 11 is 0. The van der Waals surface area contributed by atoms with E-state index in [0.717, 1.165) is 12.1 Å². The number of rotatable bonds is 0. The highest BCUT2D eigenvalue weighted by molar-refractivity contribution is 5.39. The van der Waals surface area contributed by atoms with E-state index in [9.17, 15) is 13.2 Å². The summed E-state index contributed by atoms with van der Waals surface area (Å²) in [6.45, 7) is 0. The fourth-order valence-electron chi connectivity index (χ4n) is 0.672. The van der Waals surface area contributed by atoms with Crippen LogP contribution in [-0.4, -0.2) is 0 Å². The summed E-state index contributed by atoms with van der Waals surface area (Å²) in [7, 11) is 0. The van der Waals surface area contributed by atoms with Crippen molar-refractivity contribution in [2.45, 2.75) is 6.18 Å². The minimum absolute atomic E-state index is 0. The molecule has 0 saturated carbocycles. The number of halogens is 4. The van der Waals surface area contributed by atoms with Gasteiger partial charge in [-0.1, -0.05) is 0 Å². The maximum atomic E-state index is 11.9. The zero-order valence-corrected chi connectivity index (χ0v) is 6.65. The van der Waals surface area contributed by atoms with Gasteiger partial charge in [0.2, 0.25) is 0 Å². The molecule has 0 spiro atoms. The average Bonchev–Trinajstić information content (AvgIpc) is 1.86. The molecule has 68 valence electrons. The van der Waals surface area contributed by atoms with E-state index in [2.05, 4.69) is 0 Å². The first-order valence-electron chi connectivity index (χ1n) is 2.93. The van der Waals surface area contributed by atoms with Gasteiger partial charge in [0.15, 0.2) is 0 Å². The quantitative estimate of drug-likeness (QED) is 0.546. The third kappa shape index (κ3) is 2.62. The molecule has 0 atom stereocenters. The van der Waals surface area contributed by atoms with Crippen LogP contribution in [0.1, 0.15) is 5.56 Å². The lowest BCUT2D eigenvalue weighted by Crippen LogP contribution is -3.00. The molecule has 1 rings (SSSR count). The molecule has 0 aliphatic carbocycles. The number of nitrogens with two attached hydrogens (primary N) is 1. The van der Waals surface area contributed by atoms with Gasteiger partial charge in [0, 0.05) is 5.69 Å². The van der Waals surface area contributed by atoms with Gasteiger partial charge < -0.3 is 18.1 Å². The Labute approximate surface area is 73.8 Å². The zero-order chi connectivity index (χ0) is 8.48. The summed E-state index contributed by atoms with van der Waals surface area (Å²) in [5, 5.41) is 0. The average molecular weight is 197 g/mol. The predicted octanol–water partition coefficient (Wildman–Crippen LogP) is -0.708. The molecule has 1 nitrogen and oxygen atoms in total. The first-order valence-corrected chi connectivity index (χ1v) is 2.93. The fraction of sp³-hybridized carbons (Fsp3) is 0.143. The van der Waals surface area contributed by atoms with E-state index in [1.54, 1.807) is 0 Å². The minimum atomic E-state index is -4.27. The van der Waals surface area contributed by atoms with Crippen molar-refractivity contribution in [3.05, 3.63) is 29.8 Å². The Kier molecular flexibility index (Phi) is 3.39. The Morgan fingerprint density at radius 1 is 1.00 bits per heavy atom. The minimum Gasteiger partial charge on any atom is -1.00 e. The molecular formula is C7H6ClF3N-. The van der Waals surface area contributed by atoms with Gasteiger partial charge in [0.1, 0.15) is 0 Å². The van der Waals surface area contributed by atoms with Crippen molar-refractivity contribution in [3.8, 4) is 0 Å². The summed E-state index contributed by atoms with van der Waals surface area (Å²) in [4.78, 5) is 0. The molecule has 5 heteroatoms. The van der Waals surface area contributed by atoms with Crippen LogP contribution < -0.4 is 18.1 Å². The van der Waals surface area contributed by atoms with Crippen LogP contribution >= 0.6 is 0 Å². The van der Waals surface area contributed by atoms with Crippen molar-refractivity contribution < 1.29 is 25.6 Å². The van der Waals surface area contributed by atoms with Gasteiger partial charge in [-0.2, -0.15) is 13.2 Å². The molecule has 1 aromatic rings. The van der Waals surface area contributed by atoms with Crippen LogP contribution in [0.3, 0.4) is 0 Å². The van der Waals surface area contributed by atoms with Gasteiger partial charge >= 0.3 is 6.18 Å². The van der Waals surface area contributed by atoms with Gasteiger partial charge in [-0.3, -0.25) is 0 Å². The van der Waals surface area contributed by atoms with Gasteiger partial charge in [0.05, 0.1) is 5.56 Å². The van der Waals surface area contributed by atoms with Crippen molar-refractivity contribution in [3.63, 3.8) is 0 Å². The highest BCUT2D eigenvalue weighted by Crippen LogP contribution is 2.29. The van der Waals surface area contributed by atoms with Crippen LogP contribution in [-0.2, 0) is 6.18 Å². The second kappa shape index (κ2) is 3.67. The Morgan fingerprint density at radius 3 is 1.75 bits per heavy atom. The second-order valence-electron chi connectivity index (χ2n) is 2.12. The summed E-state index contributed by atoms with van der Waals surface area (Å²) in [5.74, 6) is 0. The molecule has 1 aromatic carbocycles. The van der Waals surface area contributed by atoms with Gasteiger partial charge in [-0.15, -0.1) is 0 Å². The number of alkyl halides is 3. The van der Waals surface area contributed by atoms with Gasteiger partial charge in [0.25, 0.3) is 0 Å². The highest BCUT2D eigenvalue weighted by Gasteiger charge is 2.29. The number of hydrogen-bond donors (Lipinski definition) is 1. The van der Waals surface area contributed by atoms with Crippen molar-refractivity contribution in [1.29, 1.82) is 0 Å². The van der Waals surface area contributed by atoms with Crippen LogP contribution in [0.4, 0.5) is 18.9 Å².